The summed E-state index contributed by atoms with van der Waals surface area (Å²) in [6.45, 7) is 1.93. The minimum Gasteiger partial charge on any atom is -0.296 e. The molecule has 0 radical (unpaired) electrons. The molecule has 5 nitrogen and oxygen atoms in total. The number of nitrogens with one attached hydrogen (secondary N) is 1. The van der Waals surface area contributed by atoms with Gasteiger partial charge in [0, 0.05) is 16.1 Å². The van der Waals surface area contributed by atoms with Crippen LogP contribution in [0.5, 0.6) is 0 Å². The summed E-state index contributed by atoms with van der Waals surface area (Å²) < 4.78 is 3.87. The lowest BCUT2D eigenvalue weighted by Crippen LogP contribution is -2.13. The molecule has 0 fully saturated rings. The molecule has 2 aromatic heterocycles. The van der Waals surface area contributed by atoms with E-state index < -0.39 is 0 Å². The van der Waals surface area contributed by atoms with Crippen LogP contribution < -0.4 is 5.32 Å². The number of hydrogen-bond acceptors (Lipinski definition) is 6. The number of nitrogens with zero attached hydrogens (tertiary/aromatic N) is 3. The van der Waals surface area contributed by atoms with Crippen LogP contribution in [0.1, 0.15) is 15.4 Å². The summed E-state index contributed by atoms with van der Waals surface area (Å²) in [6.07, 6.45) is 1.71. The number of carbonyl (C=O) groups is 1. The van der Waals surface area contributed by atoms with Crippen molar-refractivity contribution >= 4 is 45.5 Å². The molecule has 1 amide bonds. The second-order valence-corrected chi connectivity index (χ2v) is 6.61. The monoisotopic (exact) mass is 336 g/mol. The van der Waals surface area contributed by atoms with Crippen molar-refractivity contribution in [2.45, 2.75) is 6.92 Å². The van der Waals surface area contributed by atoms with Crippen molar-refractivity contribution in [3.8, 4) is 10.4 Å². The van der Waals surface area contributed by atoms with Gasteiger partial charge >= 0.3 is 0 Å². The highest BCUT2D eigenvalue weighted by atomic mass is 35.5. The predicted octanol–water partition coefficient (Wildman–Crippen LogP) is 3.88. The molecule has 2 heterocycles. The van der Waals surface area contributed by atoms with Gasteiger partial charge in [-0.25, -0.2) is 4.98 Å². The molecular formula is C13H9ClN4OS2. The van der Waals surface area contributed by atoms with Crippen LogP contribution in [0.4, 0.5) is 5.13 Å². The van der Waals surface area contributed by atoms with E-state index in [1.54, 1.807) is 18.3 Å². The number of hydrogen-bond donors (Lipinski definition) is 1. The summed E-state index contributed by atoms with van der Waals surface area (Å²) in [5.74, 6) is -0.317. The van der Waals surface area contributed by atoms with E-state index in [0.29, 0.717) is 15.0 Å². The zero-order valence-electron chi connectivity index (χ0n) is 10.8. The molecular weight excluding hydrogens is 328 g/mol. The number of rotatable bonds is 3. The molecule has 106 valence electrons. The first-order valence-corrected chi connectivity index (χ1v) is 7.92. The minimum atomic E-state index is -0.317. The topological polar surface area (TPSA) is 67.8 Å². The molecule has 0 aliphatic carbocycles. The van der Waals surface area contributed by atoms with E-state index in [0.717, 1.165) is 10.4 Å². The summed E-state index contributed by atoms with van der Waals surface area (Å²) in [6, 6.07) is 7.20. The van der Waals surface area contributed by atoms with E-state index in [9.17, 15) is 4.79 Å². The van der Waals surface area contributed by atoms with Gasteiger partial charge in [-0.1, -0.05) is 28.2 Å². The molecule has 0 saturated carbocycles. The van der Waals surface area contributed by atoms with Crippen LogP contribution in [0.15, 0.2) is 30.5 Å². The van der Waals surface area contributed by atoms with Gasteiger partial charge in [-0.2, -0.15) is 0 Å². The normalized spacial score (nSPS) is 10.6. The lowest BCUT2D eigenvalue weighted by Gasteiger charge is -2.01. The van der Waals surface area contributed by atoms with Crippen molar-refractivity contribution < 1.29 is 4.79 Å². The zero-order valence-corrected chi connectivity index (χ0v) is 13.2. The van der Waals surface area contributed by atoms with Gasteiger partial charge in [0.05, 0.1) is 4.88 Å². The van der Waals surface area contributed by atoms with Gasteiger partial charge in [-0.3, -0.25) is 10.1 Å². The molecule has 1 N–H and O–H groups in total. The highest BCUT2D eigenvalue weighted by molar-refractivity contribution is 7.15. The average molecular weight is 337 g/mol. The van der Waals surface area contributed by atoms with Gasteiger partial charge in [0.1, 0.15) is 0 Å². The summed E-state index contributed by atoms with van der Waals surface area (Å²) in [7, 11) is 0. The lowest BCUT2D eigenvalue weighted by molar-refractivity contribution is 0.102. The molecule has 0 bridgehead atoms. The maximum Gasteiger partial charge on any atom is 0.279 e. The van der Waals surface area contributed by atoms with Gasteiger partial charge in [0.25, 0.3) is 5.91 Å². The van der Waals surface area contributed by atoms with Crippen molar-refractivity contribution in [2.24, 2.45) is 0 Å². The molecule has 0 aliphatic heterocycles. The second kappa shape index (κ2) is 5.88. The Kier molecular flexibility index (Phi) is 3.96. The fraction of sp³-hybridized carbons (Fsp3) is 0.0769. The highest BCUT2D eigenvalue weighted by Crippen LogP contribution is 2.28. The Morgan fingerprint density at radius 1 is 1.29 bits per heavy atom. The third kappa shape index (κ3) is 3.10. The third-order valence-electron chi connectivity index (χ3n) is 2.65. The highest BCUT2D eigenvalue weighted by Gasteiger charge is 2.19. The summed E-state index contributed by atoms with van der Waals surface area (Å²) in [5.41, 5.74) is 1.14. The van der Waals surface area contributed by atoms with Crippen LogP contribution in [0.3, 0.4) is 0 Å². The molecule has 1 aromatic carbocycles. The molecule has 3 rings (SSSR count). The number of anilines is 1. The van der Waals surface area contributed by atoms with Gasteiger partial charge in [0.2, 0.25) is 0 Å². The Hall–Kier alpha value is -1.83. The quantitative estimate of drug-likeness (QED) is 0.788. The Morgan fingerprint density at radius 2 is 2.05 bits per heavy atom. The molecule has 3 aromatic rings. The summed E-state index contributed by atoms with van der Waals surface area (Å²) in [5, 5.41) is 7.84. The summed E-state index contributed by atoms with van der Waals surface area (Å²) >= 11 is 8.45. The Labute approximate surface area is 133 Å². The van der Waals surface area contributed by atoms with E-state index in [2.05, 4.69) is 19.9 Å². The van der Waals surface area contributed by atoms with Crippen LogP contribution in [0.25, 0.3) is 10.4 Å². The molecule has 0 spiro atoms. The Bertz CT molecular complexity index is 782. The van der Waals surface area contributed by atoms with E-state index in [1.165, 1.54) is 22.9 Å². The van der Waals surface area contributed by atoms with E-state index in [4.69, 9.17) is 11.6 Å². The first kappa shape index (κ1) is 14.1. The van der Waals surface area contributed by atoms with E-state index >= 15 is 0 Å². The van der Waals surface area contributed by atoms with E-state index in [1.807, 2.05) is 19.1 Å². The van der Waals surface area contributed by atoms with Crippen molar-refractivity contribution in [1.82, 2.24) is 14.6 Å². The number of aromatic nitrogens is 3. The van der Waals surface area contributed by atoms with Crippen molar-refractivity contribution in [3.05, 3.63) is 46.1 Å². The first-order chi connectivity index (χ1) is 10.1. The fourth-order valence-electron chi connectivity index (χ4n) is 1.70. The van der Waals surface area contributed by atoms with Crippen LogP contribution in [0, 0.1) is 6.92 Å². The van der Waals surface area contributed by atoms with Gasteiger partial charge in [-0.05, 0) is 36.2 Å². The van der Waals surface area contributed by atoms with Crippen molar-refractivity contribution in [2.75, 3.05) is 5.32 Å². The number of benzene rings is 1. The zero-order chi connectivity index (χ0) is 14.8. The molecule has 8 heteroatoms. The predicted molar refractivity (Wildman–Crippen MR) is 85.2 cm³/mol. The van der Waals surface area contributed by atoms with Gasteiger partial charge in [-0.15, -0.1) is 16.4 Å². The Balaban J connectivity index is 1.88. The van der Waals surface area contributed by atoms with Crippen LogP contribution in [-0.2, 0) is 0 Å². The lowest BCUT2D eigenvalue weighted by atomic mass is 10.1. The number of amides is 1. The number of aryl methyl sites for hydroxylation is 1. The molecule has 0 unspecified atom stereocenters. The maximum atomic E-state index is 12.3. The summed E-state index contributed by atoms with van der Waals surface area (Å²) in [4.78, 5) is 18.1. The largest absolute Gasteiger partial charge is 0.296 e. The first-order valence-electron chi connectivity index (χ1n) is 5.95. The molecule has 21 heavy (non-hydrogen) atoms. The molecule has 0 aliphatic rings. The van der Waals surface area contributed by atoms with Crippen LogP contribution >= 0.6 is 34.5 Å². The van der Waals surface area contributed by atoms with Crippen molar-refractivity contribution in [3.63, 3.8) is 0 Å². The van der Waals surface area contributed by atoms with Crippen molar-refractivity contribution in [1.29, 1.82) is 0 Å². The fourth-order valence-corrected chi connectivity index (χ4v) is 3.15. The standard InChI is InChI=1S/C13H9ClN4OS2/c1-7-6-15-13(20-7)16-12(19)10-11(21-18-17-10)8-2-4-9(14)5-3-8/h2-6H,1H3,(H,15,16,19). The second-order valence-electron chi connectivity index (χ2n) is 4.19. The Morgan fingerprint density at radius 3 is 2.71 bits per heavy atom. The smallest absolute Gasteiger partial charge is 0.279 e. The SMILES string of the molecule is Cc1cnc(NC(=O)c2nnsc2-c2ccc(Cl)cc2)s1. The van der Waals surface area contributed by atoms with E-state index in [-0.39, 0.29) is 11.6 Å². The average Bonchev–Trinajstić information content (AvgIpc) is 3.09. The maximum absolute atomic E-state index is 12.3. The van der Waals surface area contributed by atoms with Gasteiger partial charge in [0.15, 0.2) is 10.8 Å². The minimum absolute atomic E-state index is 0.287. The molecule has 0 saturated heterocycles. The van der Waals surface area contributed by atoms with Crippen LogP contribution in [-0.4, -0.2) is 20.5 Å². The third-order valence-corrected chi connectivity index (χ3v) is 4.51. The van der Waals surface area contributed by atoms with Crippen LogP contribution in [0.2, 0.25) is 5.02 Å². The van der Waals surface area contributed by atoms with Gasteiger partial charge < -0.3 is 0 Å². The molecule has 0 atom stereocenters. The number of carbonyl (C=O) groups excluding carboxylic acids is 1. The number of thiazole rings is 1. The number of halogens is 1.